The number of carbonyl (C=O) groups excluding carboxylic acids is 2. The Labute approximate surface area is 195 Å². The van der Waals surface area contributed by atoms with Gasteiger partial charge in [0, 0.05) is 24.9 Å². The molecule has 0 radical (unpaired) electrons. The van der Waals surface area contributed by atoms with Crippen LogP contribution < -0.4 is 10.6 Å². The molecular formula is C25H37FN2O5. The summed E-state index contributed by atoms with van der Waals surface area (Å²) in [6, 6.07) is 5.97. The molecule has 0 unspecified atom stereocenters. The maximum Gasteiger partial charge on any atom is 0.407 e. The van der Waals surface area contributed by atoms with Gasteiger partial charge >= 0.3 is 6.09 Å². The number of aliphatic hydroxyl groups is 2. The molecule has 0 heterocycles. The molecule has 6 atom stereocenters. The number of nitrogens with one attached hydrogen (secondary N) is 2. The Kier molecular flexibility index (Phi) is 8.00. The number of aliphatic hydroxyl groups excluding tert-OH is 2. The van der Waals surface area contributed by atoms with E-state index in [-0.39, 0.29) is 42.0 Å². The zero-order valence-electron chi connectivity index (χ0n) is 19.8. The molecule has 4 N–H and O–H groups in total. The van der Waals surface area contributed by atoms with Gasteiger partial charge in [-0.1, -0.05) is 26.0 Å². The Morgan fingerprint density at radius 2 is 1.85 bits per heavy atom. The first-order chi connectivity index (χ1) is 15.6. The largest absolute Gasteiger partial charge is 0.446 e. The van der Waals surface area contributed by atoms with Crippen molar-refractivity contribution >= 4 is 12.0 Å². The molecule has 1 aromatic carbocycles. The van der Waals surface area contributed by atoms with Gasteiger partial charge in [0.2, 0.25) is 5.91 Å². The molecule has 2 aliphatic rings. The van der Waals surface area contributed by atoms with Crippen LogP contribution in [0.15, 0.2) is 24.3 Å². The summed E-state index contributed by atoms with van der Waals surface area (Å²) in [6.07, 6.45) is 1.09. The molecule has 2 saturated carbocycles. The van der Waals surface area contributed by atoms with E-state index in [9.17, 15) is 24.2 Å². The number of halogens is 1. The van der Waals surface area contributed by atoms with E-state index in [0.717, 1.165) is 5.56 Å². The third kappa shape index (κ3) is 5.32. The fourth-order valence-corrected chi connectivity index (χ4v) is 6.17. The summed E-state index contributed by atoms with van der Waals surface area (Å²) in [5.74, 6) is -0.785. The summed E-state index contributed by atoms with van der Waals surface area (Å²) in [5, 5.41) is 26.8. The summed E-state index contributed by atoms with van der Waals surface area (Å²) >= 11 is 0. The van der Waals surface area contributed by atoms with E-state index in [1.54, 1.807) is 12.1 Å². The number of rotatable bonds is 7. The Balaban J connectivity index is 1.72. The lowest BCUT2D eigenvalue weighted by Gasteiger charge is -2.60. The molecule has 1 aromatic rings. The topological polar surface area (TPSA) is 108 Å². The van der Waals surface area contributed by atoms with Crippen LogP contribution in [-0.2, 0) is 16.1 Å². The SMILES string of the molecule is CCNC(=O)O[C@H]1CC[C@@]2(C)[C@@H](CC[C@@H](O)[C@H]2CC(=O)NCc2ccc(F)cc2)[C@]1(C)CO. The predicted molar refractivity (Wildman–Crippen MR) is 122 cm³/mol. The van der Waals surface area contributed by atoms with Crippen LogP contribution in [0.4, 0.5) is 9.18 Å². The lowest BCUT2D eigenvalue weighted by atomic mass is 9.46. The molecule has 184 valence electrons. The number of hydrogen-bond acceptors (Lipinski definition) is 5. The van der Waals surface area contributed by atoms with Gasteiger partial charge in [0.15, 0.2) is 0 Å². The number of hydrogen-bond donors (Lipinski definition) is 4. The molecule has 0 saturated heterocycles. The molecule has 0 spiro atoms. The number of benzene rings is 1. The fourth-order valence-electron chi connectivity index (χ4n) is 6.17. The smallest absolute Gasteiger partial charge is 0.407 e. The van der Waals surface area contributed by atoms with Gasteiger partial charge < -0.3 is 25.6 Å². The molecular weight excluding hydrogens is 427 g/mol. The van der Waals surface area contributed by atoms with Crippen molar-refractivity contribution in [1.82, 2.24) is 10.6 Å². The molecule has 3 rings (SSSR count). The quantitative estimate of drug-likeness (QED) is 0.496. The minimum absolute atomic E-state index is 0.0125. The van der Waals surface area contributed by atoms with Crippen molar-refractivity contribution in [3.63, 3.8) is 0 Å². The average molecular weight is 465 g/mol. The zero-order valence-corrected chi connectivity index (χ0v) is 19.8. The third-order valence-corrected chi connectivity index (χ3v) is 8.05. The van der Waals surface area contributed by atoms with E-state index in [1.807, 2.05) is 13.8 Å². The van der Waals surface area contributed by atoms with E-state index in [1.165, 1.54) is 12.1 Å². The number of amides is 2. The lowest BCUT2D eigenvalue weighted by molar-refractivity contribution is -0.185. The second kappa shape index (κ2) is 10.4. The predicted octanol–water partition coefficient (Wildman–Crippen LogP) is 3.13. The van der Waals surface area contributed by atoms with E-state index in [2.05, 4.69) is 17.6 Å². The van der Waals surface area contributed by atoms with Gasteiger partial charge in [-0.15, -0.1) is 0 Å². The van der Waals surface area contributed by atoms with Crippen LogP contribution in [0.1, 0.15) is 58.4 Å². The molecule has 2 amide bonds. The third-order valence-electron chi connectivity index (χ3n) is 8.05. The Hall–Kier alpha value is -2.19. The lowest BCUT2D eigenvalue weighted by Crippen LogP contribution is -2.61. The van der Waals surface area contributed by atoms with Crippen molar-refractivity contribution in [3.8, 4) is 0 Å². The highest BCUT2D eigenvalue weighted by atomic mass is 19.1. The van der Waals surface area contributed by atoms with Gasteiger partial charge in [0.25, 0.3) is 0 Å². The van der Waals surface area contributed by atoms with Crippen molar-refractivity contribution in [2.75, 3.05) is 13.2 Å². The second-order valence-electron chi connectivity index (χ2n) is 10.0. The van der Waals surface area contributed by atoms with E-state index < -0.39 is 23.7 Å². The minimum Gasteiger partial charge on any atom is -0.446 e. The van der Waals surface area contributed by atoms with Crippen LogP contribution in [0.3, 0.4) is 0 Å². The van der Waals surface area contributed by atoms with Crippen LogP contribution in [0.5, 0.6) is 0 Å². The van der Waals surface area contributed by atoms with Gasteiger partial charge in [-0.3, -0.25) is 4.79 Å². The van der Waals surface area contributed by atoms with Crippen LogP contribution in [0, 0.1) is 28.5 Å². The molecule has 7 nitrogen and oxygen atoms in total. The maximum absolute atomic E-state index is 13.1. The summed E-state index contributed by atoms with van der Waals surface area (Å²) in [6.45, 7) is 6.47. The number of ether oxygens (including phenoxy) is 1. The van der Waals surface area contributed by atoms with Gasteiger partial charge in [-0.2, -0.15) is 0 Å². The Morgan fingerprint density at radius 1 is 1.15 bits per heavy atom. The molecule has 2 aliphatic carbocycles. The van der Waals surface area contributed by atoms with Gasteiger partial charge in [0.05, 0.1) is 12.7 Å². The minimum atomic E-state index is -0.666. The van der Waals surface area contributed by atoms with Crippen molar-refractivity contribution < 1.29 is 28.9 Å². The van der Waals surface area contributed by atoms with Crippen molar-refractivity contribution in [3.05, 3.63) is 35.6 Å². The van der Waals surface area contributed by atoms with Crippen LogP contribution in [0.25, 0.3) is 0 Å². The van der Waals surface area contributed by atoms with E-state index in [0.29, 0.717) is 38.8 Å². The van der Waals surface area contributed by atoms with Gasteiger partial charge in [-0.25, -0.2) is 9.18 Å². The van der Waals surface area contributed by atoms with Crippen molar-refractivity contribution in [1.29, 1.82) is 0 Å². The number of carbonyl (C=O) groups is 2. The molecule has 0 aromatic heterocycles. The fraction of sp³-hybridized carbons (Fsp3) is 0.680. The van der Waals surface area contributed by atoms with Crippen molar-refractivity contribution in [2.45, 2.75) is 71.6 Å². The highest BCUT2D eigenvalue weighted by molar-refractivity contribution is 5.76. The highest BCUT2D eigenvalue weighted by Crippen LogP contribution is 2.61. The van der Waals surface area contributed by atoms with Crippen LogP contribution in [-0.4, -0.2) is 47.6 Å². The molecule has 33 heavy (non-hydrogen) atoms. The van der Waals surface area contributed by atoms with Crippen molar-refractivity contribution in [2.24, 2.45) is 22.7 Å². The number of alkyl carbamates (subject to hydrolysis) is 1. The van der Waals surface area contributed by atoms with E-state index in [4.69, 9.17) is 4.74 Å². The van der Waals surface area contributed by atoms with Gasteiger partial charge in [-0.05, 0) is 67.6 Å². The van der Waals surface area contributed by atoms with Crippen LogP contribution >= 0.6 is 0 Å². The maximum atomic E-state index is 13.1. The molecule has 0 bridgehead atoms. The number of fused-ring (bicyclic) bond motifs is 1. The summed E-state index contributed by atoms with van der Waals surface area (Å²) in [7, 11) is 0. The molecule has 2 fully saturated rings. The van der Waals surface area contributed by atoms with Gasteiger partial charge in [0.1, 0.15) is 11.9 Å². The second-order valence-corrected chi connectivity index (χ2v) is 10.0. The molecule has 8 heteroatoms. The summed E-state index contributed by atoms with van der Waals surface area (Å²) in [4.78, 5) is 24.9. The first-order valence-corrected chi connectivity index (χ1v) is 11.9. The Bertz CT molecular complexity index is 835. The Morgan fingerprint density at radius 3 is 2.48 bits per heavy atom. The monoisotopic (exact) mass is 464 g/mol. The zero-order chi connectivity index (χ0) is 24.2. The normalized spacial score (nSPS) is 33.6. The summed E-state index contributed by atoms with van der Waals surface area (Å²) in [5.41, 5.74) is -0.251. The van der Waals surface area contributed by atoms with Crippen LogP contribution in [0.2, 0.25) is 0 Å². The highest BCUT2D eigenvalue weighted by Gasteiger charge is 2.60. The first-order valence-electron chi connectivity index (χ1n) is 11.9. The molecule has 0 aliphatic heterocycles. The average Bonchev–Trinajstić information content (AvgIpc) is 2.78. The summed E-state index contributed by atoms with van der Waals surface area (Å²) < 4.78 is 18.8. The standard InChI is InChI=1S/C25H37FN2O5/c1-4-27-23(32)33-21-11-12-24(2)18(19(30)9-10-20(24)25(21,3)15-29)13-22(31)28-14-16-5-7-17(26)8-6-16/h5-8,18-21,29-30H,4,9-15H2,1-3H3,(H,27,32)(H,28,31)/t18-,19-,20-,21+,24-,25+/m1/s1. The van der Waals surface area contributed by atoms with E-state index >= 15 is 0 Å². The first kappa shape index (κ1) is 25.4.